The van der Waals surface area contributed by atoms with Crippen molar-refractivity contribution >= 4 is 27.1 Å². The van der Waals surface area contributed by atoms with Gasteiger partial charge in [0, 0.05) is 11.3 Å². The van der Waals surface area contributed by atoms with E-state index in [0.29, 0.717) is 6.54 Å². The molecule has 0 bridgehead atoms. The fourth-order valence-corrected chi connectivity index (χ4v) is 3.97. The monoisotopic (exact) mass is 395 g/mol. The number of amides is 1. The molecule has 0 aliphatic carbocycles. The Morgan fingerprint density at radius 2 is 2.00 bits per heavy atom. The topological polar surface area (TPSA) is 102 Å². The molecule has 0 saturated heterocycles. The summed E-state index contributed by atoms with van der Waals surface area (Å²) in [6.45, 7) is 0.340. The molecule has 0 saturated carbocycles. The van der Waals surface area contributed by atoms with Crippen LogP contribution in [-0.4, -0.2) is 30.2 Å². The highest BCUT2D eigenvalue weighted by atomic mass is 32.2. The second-order valence-corrected chi connectivity index (χ2v) is 8.44. The molecule has 1 amide bonds. The molecule has 3 aromatic rings. The third kappa shape index (κ3) is 4.52. The second kappa shape index (κ2) is 7.75. The standard InChI is InChI=1S/C16H14FN3O4S2/c17-11-3-5-13(6-4-11)26(22,23)9-7-14-19-16(24-20-14)15(21)18-10-12-2-1-8-25-12/h1-6,8H,7,9-10H2,(H,18,21). The number of halogens is 1. The summed E-state index contributed by atoms with van der Waals surface area (Å²) in [6, 6.07) is 8.31. The minimum Gasteiger partial charge on any atom is -0.343 e. The van der Waals surface area contributed by atoms with Crippen LogP contribution in [0.4, 0.5) is 4.39 Å². The van der Waals surface area contributed by atoms with Gasteiger partial charge in [0.2, 0.25) is 0 Å². The molecule has 0 aliphatic heterocycles. The van der Waals surface area contributed by atoms with Crippen molar-refractivity contribution in [1.82, 2.24) is 15.5 Å². The molecule has 0 unspecified atom stereocenters. The largest absolute Gasteiger partial charge is 0.343 e. The summed E-state index contributed by atoms with van der Waals surface area (Å²) in [5, 5.41) is 8.16. The van der Waals surface area contributed by atoms with E-state index in [1.54, 1.807) is 0 Å². The molecule has 2 heterocycles. The summed E-state index contributed by atoms with van der Waals surface area (Å²) >= 11 is 1.50. The summed E-state index contributed by atoms with van der Waals surface area (Å²) in [7, 11) is -3.61. The number of hydrogen-bond donors (Lipinski definition) is 1. The smallest absolute Gasteiger partial charge is 0.315 e. The lowest BCUT2D eigenvalue weighted by molar-refractivity contribution is 0.0907. The van der Waals surface area contributed by atoms with E-state index >= 15 is 0 Å². The van der Waals surface area contributed by atoms with Gasteiger partial charge in [-0.1, -0.05) is 11.2 Å². The first-order valence-corrected chi connectivity index (χ1v) is 10.1. The Labute approximate surface area is 152 Å². The highest BCUT2D eigenvalue weighted by Gasteiger charge is 2.19. The average molecular weight is 395 g/mol. The van der Waals surface area contributed by atoms with E-state index in [4.69, 9.17) is 4.52 Å². The van der Waals surface area contributed by atoms with Crippen molar-refractivity contribution in [1.29, 1.82) is 0 Å². The van der Waals surface area contributed by atoms with Crippen LogP contribution in [0.5, 0.6) is 0 Å². The molecule has 7 nitrogen and oxygen atoms in total. The van der Waals surface area contributed by atoms with Gasteiger partial charge >= 0.3 is 11.8 Å². The first kappa shape index (κ1) is 18.2. The van der Waals surface area contributed by atoms with E-state index in [9.17, 15) is 17.6 Å². The number of sulfone groups is 1. The molecular formula is C16H14FN3O4S2. The average Bonchev–Trinajstić information content (AvgIpc) is 3.30. The minimum absolute atomic E-state index is 0.0105. The summed E-state index contributed by atoms with van der Waals surface area (Å²) < 4.78 is 42.2. The van der Waals surface area contributed by atoms with E-state index in [2.05, 4.69) is 15.5 Å². The Morgan fingerprint density at radius 3 is 2.69 bits per heavy atom. The number of rotatable bonds is 7. The maximum Gasteiger partial charge on any atom is 0.315 e. The van der Waals surface area contributed by atoms with Crippen molar-refractivity contribution in [2.24, 2.45) is 0 Å². The van der Waals surface area contributed by atoms with Gasteiger partial charge in [0.05, 0.1) is 17.2 Å². The van der Waals surface area contributed by atoms with Gasteiger partial charge in [-0.3, -0.25) is 4.79 Å². The van der Waals surface area contributed by atoms with Gasteiger partial charge in [-0.25, -0.2) is 12.8 Å². The van der Waals surface area contributed by atoms with Crippen molar-refractivity contribution in [2.75, 3.05) is 5.75 Å². The summed E-state index contributed by atoms with van der Waals surface area (Å²) in [5.41, 5.74) is 0. The Bertz CT molecular complexity index is 983. The normalized spacial score (nSPS) is 11.4. The molecule has 26 heavy (non-hydrogen) atoms. The first-order valence-electron chi connectivity index (χ1n) is 7.55. The predicted molar refractivity (Wildman–Crippen MR) is 91.9 cm³/mol. The Hall–Kier alpha value is -2.59. The lowest BCUT2D eigenvalue weighted by Crippen LogP contribution is -2.22. The highest BCUT2D eigenvalue weighted by Crippen LogP contribution is 2.13. The number of nitrogens with zero attached hydrogens (tertiary/aromatic N) is 2. The van der Waals surface area contributed by atoms with E-state index in [0.717, 1.165) is 17.0 Å². The molecule has 1 N–H and O–H groups in total. The molecule has 0 fully saturated rings. The van der Waals surface area contributed by atoms with Crippen molar-refractivity contribution in [2.45, 2.75) is 17.9 Å². The molecule has 2 aromatic heterocycles. The van der Waals surface area contributed by atoms with Gasteiger partial charge < -0.3 is 9.84 Å². The zero-order valence-electron chi connectivity index (χ0n) is 13.4. The Morgan fingerprint density at radius 1 is 1.23 bits per heavy atom. The number of carbonyl (C=O) groups excluding carboxylic acids is 1. The van der Waals surface area contributed by atoms with Crippen LogP contribution in [0.3, 0.4) is 0 Å². The van der Waals surface area contributed by atoms with Gasteiger partial charge in [0.1, 0.15) is 5.82 Å². The van der Waals surface area contributed by atoms with E-state index < -0.39 is 21.6 Å². The molecule has 0 radical (unpaired) electrons. The quantitative estimate of drug-likeness (QED) is 0.616. The molecule has 0 atom stereocenters. The molecule has 0 aliphatic rings. The van der Waals surface area contributed by atoms with Crippen LogP contribution < -0.4 is 5.32 Å². The van der Waals surface area contributed by atoms with Gasteiger partial charge in [-0.15, -0.1) is 11.3 Å². The SMILES string of the molecule is O=C(NCc1cccs1)c1nc(CCS(=O)(=O)c2ccc(F)cc2)no1. The van der Waals surface area contributed by atoms with Gasteiger partial charge in [-0.05, 0) is 35.7 Å². The zero-order valence-corrected chi connectivity index (χ0v) is 15.0. The van der Waals surface area contributed by atoms with Crippen LogP contribution >= 0.6 is 11.3 Å². The van der Waals surface area contributed by atoms with Crippen LogP contribution in [0.2, 0.25) is 0 Å². The fraction of sp³-hybridized carbons (Fsp3) is 0.188. The van der Waals surface area contributed by atoms with E-state index in [-0.39, 0.29) is 28.8 Å². The van der Waals surface area contributed by atoms with E-state index in [1.807, 2.05) is 17.5 Å². The number of thiophene rings is 1. The lowest BCUT2D eigenvalue weighted by Gasteiger charge is -2.02. The van der Waals surface area contributed by atoms with Crippen LogP contribution in [0.25, 0.3) is 0 Å². The molecule has 1 aromatic carbocycles. The van der Waals surface area contributed by atoms with Crippen LogP contribution in [0, 0.1) is 5.82 Å². The molecule has 10 heteroatoms. The molecular weight excluding hydrogens is 381 g/mol. The molecule has 136 valence electrons. The zero-order chi connectivity index (χ0) is 18.6. The van der Waals surface area contributed by atoms with Crippen molar-refractivity contribution in [3.8, 4) is 0 Å². The minimum atomic E-state index is -3.61. The van der Waals surface area contributed by atoms with Crippen molar-refractivity contribution < 1.29 is 22.1 Å². The number of hydrogen-bond acceptors (Lipinski definition) is 7. The molecule has 0 spiro atoms. The Balaban J connectivity index is 1.57. The third-order valence-electron chi connectivity index (χ3n) is 3.43. The summed E-state index contributed by atoms with van der Waals surface area (Å²) in [6.07, 6.45) is -0.0264. The maximum atomic E-state index is 12.9. The second-order valence-electron chi connectivity index (χ2n) is 5.30. The van der Waals surface area contributed by atoms with Gasteiger partial charge in [-0.2, -0.15) is 4.98 Å². The number of carbonyl (C=O) groups is 1. The van der Waals surface area contributed by atoms with E-state index in [1.165, 1.54) is 23.5 Å². The van der Waals surface area contributed by atoms with Crippen LogP contribution in [0.1, 0.15) is 21.4 Å². The van der Waals surface area contributed by atoms with Crippen molar-refractivity contribution in [3.05, 3.63) is 64.2 Å². The summed E-state index contributed by atoms with van der Waals surface area (Å²) in [4.78, 5) is 16.8. The Kier molecular flexibility index (Phi) is 5.43. The number of aryl methyl sites for hydroxylation is 1. The predicted octanol–water partition coefficient (Wildman–Crippen LogP) is 2.22. The fourth-order valence-electron chi connectivity index (χ4n) is 2.09. The molecule has 3 rings (SSSR count). The number of aromatic nitrogens is 2. The lowest BCUT2D eigenvalue weighted by atomic mass is 10.4. The van der Waals surface area contributed by atoms with Gasteiger partial charge in [0.15, 0.2) is 15.7 Å². The van der Waals surface area contributed by atoms with Crippen LogP contribution in [-0.2, 0) is 22.8 Å². The number of benzene rings is 1. The highest BCUT2D eigenvalue weighted by molar-refractivity contribution is 7.91. The van der Waals surface area contributed by atoms with Crippen LogP contribution in [0.15, 0.2) is 51.2 Å². The van der Waals surface area contributed by atoms with Gasteiger partial charge in [0.25, 0.3) is 0 Å². The summed E-state index contributed by atoms with van der Waals surface area (Å²) in [5.74, 6) is -1.44. The van der Waals surface area contributed by atoms with Crippen molar-refractivity contribution in [3.63, 3.8) is 0 Å². The number of nitrogens with one attached hydrogen (secondary N) is 1. The first-order chi connectivity index (χ1) is 12.4. The third-order valence-corrected chi connectivity index (χ3v) is 6.04. The maximum absolute atomic E-state index is 12.9.